The highest BCUT2D eigenvalue weighted by Crippen LogP contribution is 2.16. The minimum Gasteiger partial charge on any atom is -0.357 e. The van der Waals surface area contributed by atoms with Crippen molar-refractivity contribution in [3.05, 3.63) is 35.4 Å². The van der Waals surface area contributed by atoms with Crippen molar-refractivity contribution in [2.24, 2.45) is 4.99 Å². The first-order chi connectivity index (χ1) is 11.5. The molecule has 1 aromatic rings. The van der Waals surface area contributed by atoms with Crippen LogP contribution in [0.5, 0.6) is 0 Å². The van der Waals surface area contributed by atoms with Crippen molar-refractivity contribution in [2.75, 3.05) is 46.8 Å². The van der Waals surface area contributed by atoms with Gasteiger partial charge in [-0.2, -0.15) is 0 Å². The fraction of sp³-hybridized carbons (Fsp3) is 0.632. The van der Waals surface area contributed by atoms with Crippen LogP contribution in [0.2, 0.25) is 0 Å². The Morgan fingerprint density at radius 1 is 1.29 bits per heavy atom. The molecule has 2 N–H and O–H groups in total. The number of aryl methyl sites for hydroxylation is 1. The maximum atomic E-state index is 4.84. The lowest BCUT2D eigenvalue weighted by Crippen LogP contribution is -2.51. The molecule has 1 aromatic carbocycles. The molecule has 1 saturated heterocycles. The third-order valence-electron chi connectivity index (χ3n) is 4.79. The summed E-state index contributed by atoms with van der Waals surface area (Å²) in [5.74, 6) is 0.898. The molecule has 1 heterocycles. The SMILES string of the molecule is CCNC(=NCC1CN(C)CCN1C)NC(C)c1ccccc1C. The van der Waals surface area contributed by atoms with Gasteiger partial charge < -0.3 is 15.5 Å². The van der Waals surface area contributed by atoms with Crippen LogP contribution >= 0.6 is 0 Å². The molecule has 24 heavy (non-hydrogen) atoms. The average Bonchev–Trinajstić information content (AvgIpc) is 2.56. The van der Waals surface area contributed by atoms with Gasteiger partial charge in [-0.25, -0.2) is 0 Å². The molecule has 5 heteroatoms. The van der Waals surface area contributed by atoms with Crippen molar-refractivity contribution in [3.8, 4) is 0 Å². The van der Waals surface area contributed by atoms with Crippen molar-refractivity contribution >= 4 is 5.96 Å². The zero-order chi connectivity index (χ0) is 17.5. The van der Waals surface area contributed by atoms with Crippen molar-refractivity contribution in [1.82, 2.24) is 20.4 Å². The summed E-state index contributed by atoms with van der Waals surface area (Å²) >= 11 is 0. The second-order valence-electron chi connectivity index (χ2n) is 6.84. The molecule has 0 saturated carbocycles. The average molecular weight is 332 g/mol. The van der Waals surface area contributed by atoms with E-state index in [2.05, 4.69) is 79.6 Å². The fourth-order valence-electron chi connectivity index (χ4n) is 3.17. The highest BCUT2D eigenvalue weighted by atomic mass is 15.3. The van der Waals surface area contributed by atoms with E-state index in [4.69, 9.17) is 4.99 Å². The van der Waals surface area contributed by atoms with E-state index in [1.165, 1.54) is 11.1 Å². The molecule has 0 aliphatic carbocycles. The molecule has 0 aromatic heterocycles. The van der Waals surface area contributed by atoms with Crippen LogP contribution in [0, 0.1) is 6.92 Å². The Morgan fingerprint density at radius 2 is 2.04 bits per heavy atom. The molecule has 0 radical (unpaired) electrons. The van der Waals surface area contributed by atoms with Crippen molar-refractivity contribution < 1.29 is 0 Å². The zero-order valence-electron chi connectivity index (χ0n) is 15.8. The molecule has 1 aliphatic heterocycles. The Kier molecular flexibility index (Phi) is 7.06. The first kappa shape index (κ1) is 18.7. The summed E-state index contributed by atoms with van der Waals surface area (Å²) in [4.78, 5) is 9.64. The Labute approximate surface area is 147 Å². The van der Waals surface area contributed by atoms with Gasteiger partial charge in [-0.05, 0) is 46.0 Å². The summed E-state index contributed by atoms with van der Waals surface area (Å²) in [6, 6.07) is 9.23. The maximum absolute atomic E-state index is 4.84. The Hall–Kier alpha value is -1.59. The molecule has 2 unspecified atom stereocenters. The number of guanidine groups is 1. The number of nitrogens with zero attached hydrogens (tertiary/aromatic N) is 3. The Bertz CT molecular complexity index is 542. The molecule has 0 amide bonds. The van der Waals surface area contributed by atoms with Gasteiger partial charge in [-0.3, -0.25) is 9.89 Å². The highest BCUT2D eigenvalue weighted by molar-refractivity contribution is 5.80. The molecule has 1 fully saturated rings. The highest BCUT2D eigenvalue weighted by Gasteiger charge is 2.22. The molecule has 0 bridgehead atoms. The monoisotopic (exact) mass is 331 g/mol. The van der Waals surface area contributed by atoms with Gasteiger partial charge >= 0.3 is 0 Å². The number of hydrogen-bond donors (Lipinski definition) is 2. The van der Waals surface area contributed by atoms with Crippen LogP contribution in [-0.2, 0) is 0 Å². The van der Waals surface area contributed by atoms with Crippen molar-refractivity contribution in [1.29, 1.82) is 0 Å². The van der Waals surface area contributed by atoms with E-state index in [-0.39, 0.29) is 6.04 Å². The molecule has 1 aliphatic rings. The van der Waals surface area contributed by atoms with Gasteiger partial charge in [-0.1, -0.05) is 24.3 Å². The van der Waals surface area contributed by atoms with Gasteiger partial charge in [0.1, 0.15) is 0 Å². The molecule has 2 rings (SSSR count). The molecule has 134 valence electrons. The normalized spacial score (nSPS) is 21.5. The van der Waals surface area contributed by atoms with Crippen molar-refractivity contribution in [2.45, 2.75) is 32.9 Å². The third-order valence-corrected chi connectivity index (χ3v) is 4.79. The number of piperazine rings is 1. The van der Waals surface area contributed by atoms with Gasteiger partial charge in [0, 0.05) is 32.2 Å². The summed E-state index contributed by atoms with van der Waals surface area (Å²) in [6.45, 7) is 11.5. The van der Waals surface area contributed by atoms with Gasteiger partial charge in [0.05, 0.1) is 12.6 Å². The summed E-state index contributed by atoms with van der Waals surface area (Å²) in [7, 11) is 4.39. The summed E-state index contributed by atoms with van der Waals surface area (Å²) in [5.41, 5.74) is 2.62. The summed E-state index contributed by atoms with van der Waals surface area (Å²) < 4.78 is 0. The third kappa shape index (κ3) is 5.21. The number of likely N-dealkylation sites (N-methyl/N-ethyl adjacent to an activating group) is 2. The second kappa shape index (κ2) is 9.04. The Morgan fingerprint density at radius 3 is 2.75 bits per heavy atom. The number of hydrogen-bond acceptors (Lipinski definition) is 3. The molecule has 2 atom stereocenters. The molecular weight excluding hydrogens is 298 g/mol. The van der Waals surface area contributed by atoms with E-state index < -0.39 is 0 Å². The van der Waals surface area contributed by atoms with Crippen LogP contribution in [0.4, 0.5) is 0 Å². The van der Waals surface area contributed by atoms with Gasteiger partial charge in [-0.15, -0.1) is 0 Å². The standard InChI is InChI=1S/C19H33N5/c1-6-20-19(21-13-17-14-23(4)11-12-24(17)5)22-16(3)18-10-8-7-9-15(18)2/h7-10,16-17H,6,11-14H2,1-5H3,(H2,20,21,22). The van der Waals surface area contributed by atoms with Gasteiger partial charge in [0.2, 0.25) is 0 Å². The van der Waals surface area contributed by atoms with Crippen LogP contribution in [0.3, 0.4) is 0 Å². The van der Waals surface area contributed by atoms with Gasteiger partial charge in [0.15, 0.2) is 5.96 Å². The molecular formula is C19H33N5. The predicted octanol–water partition coefficient (Wildman–Crippen LogP) is 1.86. The van der Waals surface area contributed by atoms with E-state index in [0.29, 0.717) is 6.04 Å². The molecule has 5 nitrogen and oxygen atoms in total. The van der Waals surface area contributed by atoms with Crippen molar-refractivity contribution in [3.63, 3.8) is 0 Å². The maximum Gasteiger partial charge on any atom is 0.191 e. The van der Waals surface area contributed by atoms with E-state index in [9.17, 15) is 0 Å². The molecule has 0 spiro atoms. The zero-order valence-corrected chi connectivity index (χ0v) is 15.8. The number of nitrogens with one attached hydrogen (secondary N) is 2. The lowest BCUT2D eigenvalue weighted by Gasteiger charge is -2.37. The van der Waals surface area contributed by atoms with E-state index in [1.807, 2.05) is 0 Å². The van der Waals surface area contributed by atoms with Gasteiger partial charge in [0.25, 0.3) is 0 Å². The quantitative estimate of drug-likeness (QED) is 0.638. The predicted molar refractivity (Wildman–Crippen MR) is 103 cm³/mol. The van der Waals surface area contributed by atoms with Crippen LogP contribution in [0.15, 0.2) is 29.3 Å². The number of benzene rings is 1. The summed E-state index contributed by atoms with van der Waals surface area (Å²) in [5, 5.41) is 6.92. The largest absolute Gasteiger partial charge is 0.357 e. The van der Waals surface area contributed by atoms with E-state index in [1.54, 1.807) is 0 Å². The number of aliphatic imine (C=N–C) groups is 1. The lowest BCUT2D eigenvalue weighted by atomic mass is 10.0. The second-order valence-corrected chi connectivity index (χ2v) is 6.84. The topological polar surface area (TPSA) is 42.9 Å². The van der Waals surface area contributed by atoms with Crippen LogP contribution < -0.4 is 10.6 Å². The van der Waals surface area contributed by atoms with Crippen LogP contribution in [0.25, 0.3) is 0 Å². The lowest BCUT2D eigenvalue weighted by molar-refractivity contribution is 0.119. The van der Waals surface area contributed by atoms with E-state index in [0.717, 1.165) is 38.7 Å². The smallest absolute Gasteiger partial charge is 0.191 e. The first-order valence-electron chi connectivity index (χ1n) is 9.00. The minimum absolute atomic E-state index is 0.232. The summed E-state index contributed by atoms with van der Waals surface area (Å²) in [6.07, 6.45) is 0. The van der Waals surface area contributed by atoms with E-state index >= 15 is 0 Å². The number of rotatable bonds is 5. The minimum atomic E-state index is 0.232. The first-order valence-corrected chi connectivity index (χ1v) is 9.00. The van der Waals surface area contributed by atoms with Crippen LogP contribution in [-0.4, -0.2) is 68.6 Å². The Balaban J connectivity index is 2.01. The van der Waals surface area contributed by atoms with Crippen LogP contribution in [0.1, 0.15) is 31.0 Å². The fourth-order valence-corrected chi connectivity index (χ4v) is 3.17.